The zero-order chi connectivity index (χ0) is 33.9. The molecule has 4 aromatic carbocycles. The Labute approximate surface area is 303 Å². The van der Waals surface area contributed by atoms with Gasteiger partial charge in [0.05, 0.1) is 0 Å². The summed E-state index contributed by atoms with van der Waals surface area (Å²) in [5.41, 5.74) is 0.410. The quantitative estimate of drug-likeness (QED) is 0.175. The third-order valence-corrected chi connectivity index (χ3v) is 11.5. The topological polar surface area (TPSA) is 93.1 Å². The van der Waals surface area contributed by atoms with E-state index in [0.717, 1.165) is 10.0 Å². The fraction of sp³-hybridized carbons (Fsp3) is 0.0714. The minimum atomic E-state index is -3.67. The summed E-state index contributed by atoms with van der Waals surface area (Å²) >= 11 is 20.4. The number of hydrogen-bond acceptors (Lipinski definition) is 6. The second-order valence-electron chi connectivity index (χ2n) is 7.95. The van der Waals surface area contributed by atoms with Crippen molar-refractivity contribution in [3.63, 3.8) is 0 Å². The van der Waals surface area contributed by atoms with Gasteiger partial charge in [0.25, 0.3) is 0 Å². The molecule has 4 aromatic rings. The summed E-state index contributed by atoms with van der Waals surface area (Å²) in [7, 11) is -5.10. The van der Waals surface area contributed by atoms with Gasteiger partial charge in [-0.15, -0.1) is 0 Å². The zero-order valence-electron chi connectivity index (χ0n) is 23.7. The number of hydrogen-bond donors (Lipinski definition) is 2. The maximum absolute atomic E-state index is 10.9. The van der Waals surface area contributed by atoms with E-state index in [0.29, 0.717) is 19.1 Å². The number of carbonyl (C=O) groups is 2. The van der Waals surface area contributed by atoms with Crippen molar-refractivity contribution in [3.05, 3.63) is 128 Å². The van der Waals surface area contributed by atoms with Gasteiger partial charge in [-0.25, -0.2) is 0 Å². The summed E-state index contributed by atoms with van der Waals surface area (Å²) in [5.74, 6) is -0.933. The summed E-state index contributed by atoms with van der Waals surface area (Å²) < 4.78 is 42.3. The van der Waals surface area contributed by atoms with E-state index in [1.807, 2.05) is 36.4 Å². The van der Waals surface area contributed by atoms with E-state index in [-0.39, 0.29) is 25.9 Å². The van der Waals surface area contributed by atoms with Gasteiger partial charge in [-0.1, -0.05) is 59.1 Å². The molecule has 0 aliphatic carbocycles. The standard InChI is InChI=1S/C12H8Cl2I.C10H10ClIO4.C6H6BClO2.BF3.FH/c13-9-3-1-5-11(7-9)15-12-6-2-4-10(14)8-12;1-7(13)15-12(16-8(2)14)10-5-3-4-9(11)6-10;8-6-3-1-2-5(4-6)7(9)10;2-1(3)4;/h1-8H;3-6H,1-2H3;1-4,9-10H;;1H/q+1;;;;/p-1. The monoisotopic (exact) mass is 948 g/mol. The maximum atomic E-state index is 10.9. The van der Waals surface area contributed by atoms with Gasteiger partial charge < -0.3 is 14.8 Å². The van der Waals surface area contributed by atoms with Crippen LogP contribution in [0.15, 0.2) is 97.1 Å². The zero-order valence-corrected chi connectivity index (χ0v) is 31.0. The first-order valence-corrected chi connectivity index (χ1v) is 18.7. The van der Waals surface area contributed by atoms with Crippen LogP contribution in [0.1, 0.15) is 13.8 Å². The molecular formula is C28H24B2Cl4F4I2O6. The third-order valence-electron chi connectivity index (χ3n) is 4.26. The van der Waals surface area contributed by atoms with E-state index in [4.69, 9.17) is 62.6 Å². The Hall–Kier alpha value is -1.79. The molecule has 18 heteroatoms. The van der Waals surface area contributed by atoms with Crippen molar-refractivity contribution >= 4 is 99.1 Å². The van der Waals surface area contributed by atoms with Crippen molar-refractivity contribution in [2.45, 2.75) is 13.8 Å². The normalized spacial score (nSPS) is 9.67. The Balaban J connectivity index is 0.000000629. The SMILES string of the molecule is CC(=O)OI(OC(C)=O)c1cccc(Cl)c1.Clc1cccc([I+]c2cccc(Cl)c2)c1.FB(F)F.OB(O)c1cccc(Cl)c1.[F-]. The fourth-order valence-corrected chi connectivity index (χ4v) is 9.30. The van der Waals surface area contributed by atoms with E-state index >= 15 is 0 Å². The number of benzene rings is 4. The van der Waals surface area contributed by atoms with Crippen LogP contribution in [0, 0.1) is 10.7 Å². The molecule has 0 aliphatic heterocycles. The largest absolute Gasteiger partial charge is 1.00 e. The number of carbonyl (C=O) groups excluding carboxylic acids is 2. The smallest absolute Gasteiger partial charge is 0.762 e. The molecule has 0 radical (unpaired) electrons. The molecule has 0 aliphatic rings. The summed E-state index contributed by atoms with van der Waals surface area (Å²) in [4.78, 5) is 21.8. The molecule has 6 nitrogen and oxygen atoms in total. The first kappa shape index (κ1) is 44.2. The molecular weight excluding hydrogens is 926 g/mol. The first-order valence-electron chi connectivity index (χ1n) is 12.2. The van der Waals surface area contributed by atoms with Crippen molar-refractivity contribution in [2.75, 3.05) is 0 Å². The average Bonchev–Trinajstić information content (AvgIpc) is 2.93. The molecule has 248 valence electrons. The van der Waals surface area contributed by atoms with Crippen LogP contribution in [0.25, 0.3) is 0 Å². The molecule has 0 heterocycles. The van der Waals surface area contributed by atoms with Crippen molar-refractivity contribution in [3.8, 4) is 0 Å². The summed E-state index contributed by atoms with van der Waals surface area (Å²) in [6.07, 6.45) is 0. The van der Waals surface area contributed by atoms with Gasteiger partial charge in [0, 0.05) is 27.2 Å². The van der Waals surface area contributed by atoms with Crippen molar-refractivity contribution < 1.29 is 64.6 Å². The molecule has 0 spiro atoms. The van der Waals surface area contributed by atoms with Crippen LogP contribution in [-0.4, -0.2) is 36.6 Å². The maximum Gasteiger partial charge on any atom is 0.762 e. The van der Waals surface area contributed by atoms with E-state index in [2.05, 4.69) is 12.1 Å². The van der Waals surface area contributed by atoms with Crippen LogP contribution in [0.3, 0.4) is 0 Å². The molecule has 0 fully saturated rings. The minimum absolute atomic E-state index is 0. The van der Waals surface area contributed by atoms with Crippen LogP contribution in [0.5, 0.6) is 0 Å². The molecule has 0 atom stereocenters. The van der Waals surface area contributed by atoms with Crippen LogP contribution in [0.4, 0.5) is 12.9 Å². The predicted octanol–water partition coefficient (Wildman–Crippen LogP) is 2.00. The van der Waals surface area contributed by atoms with Gasteiger partial charge in [-0.05, 0) is 41.9 Å². The molecule has 0 bridgehead atoms. The van der Waals surface area contributed by atoms with E-state index in [1.54, 1.807) is 42.5 Å². The van der Waals surface area contributed by atoms with E-state index in [9.17, 15) is 22.5 Å². The van der Waals surface area contributed by atoms with E-state index < -0.39 is 47.3 Å². The predicted molar refractivity (Wildman–Crippen MR) is 178 cm³/mol. The molecule has 0 aromatic heterocycles. The Morgan fingerprint density at radius 1 is 0.674 bits per heavy atom. The van der Waals surface area contributed by atoms with E-state index in [1.165, 1.54) is 27.1 Å². The fourth-order valence-electron chi connectivity index (χ4n) is 2.69. The summed E-state index contributed by atoms with van der Waals surface area (Å²) in [5, 5.41) is 19.9. The molecule has 0 saturated carbocycles. The second kappa shape index (κ2) is 24.4. The van der Waals surface area contributed by atoms with Crippen molar-refractivity contribution in [1.82, 2.24) is 0 Å². The van der Waals surface area contributed by atoms with Crippen LogP contribution in [-0.2, 0) is 15.7 Å². The molecule has 46 heavy (non-hydrogen) atoms. The van der Waals surface area contributed by atoms with Crippen LogP contribution in [0.2, 0.25) is 20.1 Å². The summed E-state index contributed by atoms with van der Waals surface area (Å²) in [6, 6.07) is 29.2. The Kier molecular flexibility index (Phi) is 23.4. The molecule has 0 amide bonds. The average molecular weight is 950 g/mol. The van der Waals surface area contributed by atoms with Crippen molar-refractivity contribution in [1.29, 1.82) is 0 Å². The molecule has 4 rings (SSSR count). The van der Waals surface area contributed by atoms with Gasteiger partial charge in [0.1, 0.15) is 0 Å². The first-order chi connectivity index (χ1) is 21.2. The van der Waals surface area contributed by atoms with Crippen molar-refractivity contribution in [2.24, 2.45) is 0 Å². The van der Waals surface area contributed by atoms with Crippen LogP contribution >= 0.6 is 67.1 Å². The number of rotatable bonds is 6. The van der Waals surface area contributed by atoms with Gasteiger partial charge in [0.15, 0.2) is 7.14 Å². The van der Waals surface area contributed by atoms with Gasteiger partial charge >= 0.3 is 142 Å². The van der Waals surface area contributed by atoms with Gasteiger partial charge in [0.2, 0.25) is 0 Å². The Bertz CT molecular complexity index is 1450. The minimum Gasteiger partial charge on any atom is -1.00 e. The third kappa shape index (κ3) is 21.2. The summed E-state index contributed by atoms with van der Waals surface area (Å²) in [6.45, 7) is 2.55. The Morgan fingerprint density at radius 3 is 1.37 bits per heavy atom. The molecule has 0 unspecified atom stereocenters. The van der Waals surface area contributed by atoms with Crippen LogP contribution < -0.4 is 31.4 Å². The van der Waals surface area contributed by atoms with Gasteiger partial charge in [-0.2, -0.15) is 0 Å². The van der Waals surface area contributed by atoms with Gasteiger partial charge in [-0.3, -0.25) is 12.9 Å². The molecule has 2 N–H and O–H groups in total. The second-order valence-corrected chi connectivity index (χ2v) is 16.1. The number of halogens is 10. The Morgan fingerprint density at radius 2 is 1.04 bits per heavy atom. The molecule has 0 saturated heterocycles.